The number of hydrogen-bond donors (Lipinski definition) is 1. The minimum absolute atomic E-state index is 0.132. The molecule has 3 heterocycles. The Balaban J connectivity index is 1.13. The number of nitrogens with one attached hydrogen (secondary N) is 1. The van der Waals surface area contributed by atoms with Gasteiger partial charge in [-0.3, -0.25) is 9.69 Å². The monoisotopic (exact) mass is 551 g/mol. The van der Waals surface area contributed by atoms with Gasteiger partial charge in [-0.05, 0) is 24.0 Å². The van der Waals surface area contributed by atoms with Gasteiger partial charge in [0.2, 0.25) is 10.0 Å². The van der Waals surface area contributed by atoms with Gasteiger partial charge in [0.1, 0.15) is 6.04 Å². The molecule has 1 aliphatic carbocycles. The number of benzene rings is 2. The van der Waals surface area contributed by atoms with Crippen LogP contribution in [-0.2, 0) is 14.8 Å². The number of imide groups is 1. The third kappa shape index (κ3) is 4.89. The summed E-state index contributed by atoms with van der Waals surface area (Å²) in [6, 6.07) is 17.9. The molecular weight excluding hydrogens is 518 g/mol. The second kappa shape index (κ2) is 9.95. The molecular formula is C28H33N5O5S. The van der Waals surface area contributed by atoms with E-state index in [1.165, 1.54) is 15.5 Å². The summed E-state index contributed by atoms with van der Waals surface area (Å²) < 4.78 is 26.0. The van der Waals surface area contributed by atoms with Crippen LogP contribution in [0.25, 0.3) is 0 Å². The van der Waals surface area contributed by atoms with Gasteiger partial charge in [0.15, 0.2) is 0 Å². The van der Waals surface area contributed by atoms with Crippen LogP contribution in [0.4, 0.5) is 9.59 Å². The highest BCUT2D eigenvalue weighted by molar-refractivity contribution is 7.88. The van der Waals surface area contributed by atoms with Crippen LogP contribution in [0.3, 0.4) is 0 Å². The van der Waals surface area contributed by atoms with Crippen LogP contribution in [0.2, 0.25) is 0 Å². The zero-order valence-electron chi connectivity index (χ0n) is 21.8. The zero-order valence-corrected chi connectivity index (χ0v) is 22.7. The van der Waals surface area contributed by atoms with Crippen molar-refractivity contribution in [3.8, 4) is 0 Å². The summed E-state index contributed by atoms with van der Waals surface area (Å²) in [4.78, 5) is 44.6. The minimum Gasteiger partial charge on any atom is -0.335 e. The SMILES string of the molecule is CS(=O)(=O)N1CC[C@@H](NC(=O)N2CCN3C(=O)N([C@H]4C[C@@H]4c4ccccc4)C(=O)[C@@H]3C2)[C@H](c2ccccc2)C1. The van der Waals surface area contributed by atoms with Crippen molar-refractivity contribution in [1.29, 1.82) is 0 Å². The molecule has 5 atom stereocenters. The molecule has 0 aromatic heterocycles. The Morgan fingerprint density at radius 1 is 0.872 bits per heavy atom. The predicted molar refractivity (Wildman–Crippen MR) is 144 cm³/mol. The maximum absolute atomic E-state index is 13.4. The van der Waals surface area contributed by atoms with Crippen molar-refractivity contribution in [2.24, 2.45) is 0 Å². The van der Waals surface area contributed by atoms with Gasteiger partial charge in [-0.15, -0.1) is 0 Å². The quantitative estimate of drug-likeness (QED) is 0.572. The van der Waals surface area contributed by atoms with Gasteiger partial charge in [0.25, 0.3) is 5.91 Å². The third-order valence-corrected chi connectivity index (χ3v) is 9.81. The zero-order chi connectivity index (χ0) is 27.3. The lowest BCUT2D eigenvalue weighted by molar-refractivity contribution is -0.129. The molecule has 0 unspecified atom stereocenters. The molecule has 3 saturated heterocycles. The topological polar surface area (TPSA) is 110 Å². The number of nitrogens with zero attached hydrogens (tertiary/aromatic N) is 4. The average Bonchev–Trinajstić information content (AvgIpc) is 3.69. The van der Waals surface area contributed by atoms with Gasteiger partial charge in [-0.2, -0.15) is 0 Å². The lowest BCUT2D eigenvalue weighted by Gasteiger charge is -2.40. The van der Waals surface area contributed by atoms with E-state index in [1.807, 2.05) is 60.7 Å². The summed E-state index contributed by atoms with van der Waals surface area (Å²) in [6.07, 6.45) is 2.45. The summed E-state index contributed by atoms with van der Waals surface area (Å²) in [5.74, 6) is -0.271. The van der Waals surface area contributed by atoms with Gasteiger partial charge >= 0.3 is 12.1 Å². The maximum atomic E-state index is 13.4. The maximum Gasteiger partial charge on any atom is 0.327 e. The third-order valence-electron chi connectivity index (χ3n) is 8.54. The number of rotatable bonds is 5. The van der Waals surface area contributed by atoms with E-state index in [1.54, 1.807) is 9.80 Å². The first-order valence-electron chi connectivity index (χ1n) is 13.5. The van der Waals surface area contributed by atoms with Gasteiger partial charge in [0, 0.05) is 50.1 Å². The Kier molecular flexibility index (Phi) is 6.58. The molecule has 206 valence electrons. The van der Waals surface area contributed by atoms with E-state index in [0.717, 1.165) is 17.5 Å². The predicted octanol–water partition coefficient (Wildman–Crippen LogP) is 2.02. The van der Waals surface area contributed by atoms with Crippen molar-refractivity contribution < 1.29 is 22.8 Å². The molecule has 0 radical (unpaired) electrons. The van der Waals surface area contributed by atoms with Crippen LogP contribution in [0.5, 0.6) is 0 Å². The average molecular weight is 552 g/mol. The highest BCUT2D eigenvalue weighted by Crippen LogP contribution is 2.46. The Morgan fingerprint density at radius 2 is 1.51 bits per heavy atom. The standard InChI is InChI=1S/C28H33N5O5S/c1-39(37,38)31-13-12-23(22(17-31)20-10-6-3-7-11-20)29-27(35)30-14-15-32-25(18-30)26(34)33(28(32)36)24-16-21(24)19-8-4-2-5-9-19/h2-11,21-25H,12-18H2,1H3,(H,29,35)/t21-,22+,23-,24+,25+/m1/s1. The molecule has 0 bridgehead atoms. The van der Waals surface area contributed by atoms with E-state index in [0.29, 0.717) is 26.1 Å². The molecule has 3 aliphatic heterocycles. The molecule has 4 aliphatic rings. The van der Waals surface area contributed by atoms with Gasteiger partial charge in [-0.1, -0.05) is 60.7 Å². The normalized spacial score (nSPS) is 29.4. The van der Waals surface area contributed by atoms with Crippen molar-refractivity contribution in [3.63, 3.8) is 0 Å². The lowest BCUT2D eigenvalue weighted by Crippen LogP contribution is -2.59. The van der Waals surface area contributed by atoms with Crippen LogP contribution in [0.1, 0.15) is 35.8 Å². The van der Waals surface area contributed by atoms with Crippen molar-refractivity contribution in [3.05, 3.63) is 71.8 Å². The summed E-state index contributed by atoms with van der Waals surface area (Å²) in [7, 11) is -3.36. The largest absolute Gasteiger partial charge is 0.335 e. The number of piperazine rings is 1. The van der Waals surface area contributed by atoms with Crippen molar-refractivity contribution in [2.45, 2.75) is 42.8 Å². The van der Waals surface area contributed by atoms with Crippen molar-refractivity contribution >= 4 is 28.0 Å². The Hall–Kier alpha value is -3.44. The number of carbonyl (C=O) groups is 3. The second-order valence-electron chi connectivity index (χ2n) is 10.9. The molecule has 11 heteroatoms. The van der Waals surface area contributed by atoms with Gasteiger partial charge in [-0.25, -0.2) is 22.3 Å². The van der Waals surface area contributed by atoms with Crippen molar-refractivity contribution in [1.82, 2.24) is 24.3 Å². The smallest absolute Gasteiger partial charge is 0.327 e. The number of amides is 5. The molecule has 0 spiro atoms. The lowest BCUT2D eigenvalue weighted by atomic mass is 9.87. The number of hydrogen-bond acceptors (Lipinski definition) is 5. The number of fused-ring (bicyclic) bond motifs is 1. The Labute approximate surface area is 228 Å². The summed E-state index contributed by atoms with van der Waals surface area (Å²) in [5, 5.41) is 3.13. The first-order chi connectivity index (χ1) is 18.7. The van der Waals surface area contributed by atoms with Crippen LogP contribution in [0, 0.1) is 0 Å². The van der Waals surface area contributed by atoms with Crippen LogP contribution in [-0.4, -0.2) is 102 Å². The number of sulfonamides is 1. The molecule has 2 aromatic rings. The van der Waals surface area contributed by atoms with E-state index in [-0.39, 0.29) is 55.0 Å². The molecule has 4 fully saturated rings. The van der Waals surface area contributed by atoms with Crippen LogP contribution in [0.15, 0.2) is 60.7 Å². The molecule has 2 aromatic carbocycles. The fraction of sp³-hybridized carbons (Fsp3) is 0.464. The second-order valence-corrected chi connectivity index (χ2v) is 12.9. The Bertz CT molecular complexity index is 1370. The highest BCUT2D eigenvalue weighted by atomic mass is 32.2. The Morgan fingerprint density at radius 3 is 2.15 bits per heavy atom. The molecule has 1 saturated carbocycles. The summed E-state index contributed by atoms with van der Waals surface area (Å²) in [6.45, 7) is 1.40. The van der Waals surface area contributed by atoms with E-state index in [4.69, 9.17) is 0 Å². The molecule has 5 amide bonds. The summed E-state index contributed by atoms with van der Waals surface area (Å²) in [5.41, 5.74) is 2.09. The number of urea groups is 2. The number of carbonyl (C=O) groups excluding carboxylic acids is 3. The fourth-order valence-electron chi connectivity index (χ4n) is 6.32. The van der Waals surface area contributed by atoms with Crippen LogP contribution < -0.4 is 5.32 Å². The first kappa shape index (κ1) is 25.8. The van der Waals surface area contributed by atoms with E-state index >= 15 is 0 Å². The molecule has 39 heavy (non-hydrogen) atoms. The highest BCUT2D eigenvalue weighted by Gasteiger charge is 2.56. The minimum atomic E-state index is -3.36. The first-order valence-corrected chi connectivity index (χ1v) is 15.3. The van der Waals surface area contributed by atoms with E-state index < -0.39 is 16.1 Å². The van der Waals surface area contributed by atoms with Crippen molar-refractivity contribution in [2.75, 3.05) is 39.0 Å². The van der Waals surface area contributed by atoms with Gasteiger partial charge < -0.3 is 15.1 Å². The van der Waals surface area contributed by atoms with Crippen LogP contribution >= 0.6 is 0 Å². The number of piperidine rings is 1. The molecule has 10 nitrogen and oxygen atoms in total. The van der Waals surface area contributed by atoms with Gasteiger partial charge in [0.05, 0.1) is 12.8 Å². The molecule has 1 N–H and O–H groups in total. The van der Waals surface area contributed by atoms with E-state index in [9.17, 15) is 22.8 Å². The fourth-order valence-corrected chi connectivity index (χ4v) is 7.18. The van der Waals surface area contributed by atoms with E-state index in [2.05, 4.69) is 5.32 Å². The summed E-state index contributed by atoms with van der Waals surface area (Å²) >= 11 is 0. The molecule has 6 rings (SSSR count).